The van der Waals surface area contributed by atoms with Crippen molar-refractivity contribution in [1.82, 2.24) is 10.3 Å². The Bertz CT molecular complexity index is 1140. The Morgan fingerprint density at radius 3 is 2.33 bits per heavy atom. The van der Waals surface area contributed by atoms with E-state index < -0.39 is 0 Å². The van der Waals surface area contributed by atoms with Crippen LogP contribution in [0.5, 0.6) is 17.2 Å². The topological polar surface area (TPSA) is 69.7 Å². The van der Waals surface area contributed by atoms with E-state index in [1.165, 1.54) is 6.42 Å². The fourth-order valence-corrected chi connectivity index (χ4v) is 4.77. The van der Waals surface area contributed by atoms with E-state index >= 15 is 0 Å². The third kappa shape index (κ3) is 4.47. The molecule has 0 spiro atoms. The Balaban J connectivity index is 1.79. The summed E-state index contributed by atoms with van der Waals surface area (Å²) in [5.74, 6) is 2.59. The van der Waals surface area contributed by atoms with Crippen molar-refractivity contribution >= 4 is 16.8 Å². The van der Waals surface area contributed by atoms with Gasteiger partial charge in [0.15, 0.2) is 11.5 Å². The van der Waals surface area contributed by atoms with Crippen LogP contribution in [0.3, 0.4) is 0 Å². The zero-order valence-corrected chi connectivity index (χ0v) is 20.0. The van der Waals surface area contributed by atoms with Crippen LogP contribution >= 0.6 is 0 Å². The lowest BCUT2D eigenvalue weighted by atomic mass is 9.78. The van der Waals surface area contributed by atoms with Gasteiger partial charge >= 0.3 is 0 Å². The molecule has 0 saturated heterocycles. The molecule has 3 aromatic rings. The van der Waals surface area contributed by atoms with Crippen molar-refractivity contribution in [3.05, 3.63) is 48.0 Å². The molecule has 0 aliphatic heterocycles. The van der Waals surface area contributed by atoms with E-state index in [-0.39, 0.29) is 11.9 Å². The molecule has 6 heteroatoms. The Labute approximate surface area is 195 Å². The van der Waals surface area contributed by atoms with Gasteiger partial charge in [0.1, 0.15) is 0 Å². The Morgan fingerprint density at radius 2 is 1.67 bits per heavy atom. The minimum absolute atomic E-state index is 0.0618. The number of nitrogens with zero attached hydrogens (tertiary/aromatic N) is 1. The maximum atomic E-state index is 13.5. The highest BCUT2D eigenvalue weighted by Gasteiger charge is 2.29. The molecule has 1 aliphatic rings. The highest BCUT2D eigenvalue weighted by Crippen LogP contribution is 2.41. The van der Waals surface area contributed by atoms with E-state index in [1.54, 1.807) is 21.3 Å². The van der Waals surface area contributed by atoms with Crippen LogP contribution in [0, 0.1) is 11.8 Å². The Hall–Kier alpha value is -3.28. The number of methoxy groups -OCH3 is 3. The molecule has 6 nitrogen and oxygen atoms in total. The van der Waals surface area contributed by atoms with E-state index in [1.807, 2.05) is 42.5 Å². The first kappa shape index (κ1) is 22.9. The van der Waals surface area contributed by atoms with Crippen molar-refractivity contribution in [3.63, 3.8) is 0 Å². The van der Waals surface area contributed by atoms with Crippen molar-refractivity contribution < 1.29 is 19.0 Å². The number of pyridine rings is 1. The number of fused-ring (bicyclic) bond motifs is 1. The SMILES string of the molecule is COc1cc(-c2cc(C(=O)N[C@@H]3CCC[C@@H](C)[C@H]3C)c3ccccc3n2)cc(OC)c1OC. The summed E-state index contributed by atoms with van der Waals surface area (Å²) < 4.78 is 16.5. The molecule has 0 radical (unpaired) electrons. The first-order valence-corrected chi connectivity index (χ1v) is 11.5. The fourth-order valence-electron chi connectivity index (χ4n) is 4.77. The molecule has 1 N–H and O–H groups in total. The standard InChI is InChI=1S/C27H32N2O4/c1-16-9-8-12-21(17(16)2)29-27(30)20-15-23(28-22-11-7-6-10-19(20)22)18-13-24(31-3)26(33-5)25(14-18)32-4/h6-7,10-11,13-17,21H,8-9,12H2,1-5H3,(H,29,30)/t16-,17-,21-/m1/s1. The van der Waals surface area contributed by atoms with E-state index in [0.29, 0.717) is 40.3 Å². The highest BCUT2D eigenvalue weighted by atomic mass is 16.5. The van der Waals surface area contributed by atoms with Gasteiger partial charge in [-0.1, -0.05) is 44.9 Å². The largest absolute Gasteiger partial charge is 0.493 e. The number of hydrogen-bond acceptors (Lipinski definition) is 5. The van der Waals surface area contributed by atoms with Gasteiger partial charge in [-0.2, -0.15) is 0 Å². The highest BCUT2D eigenvalue weighted by molar-refractivity contribution is 6.07. The molecule has 4 rings (SSSR count). The maximum Gasteiger partial charge on any atom is 0.252 e. The van der Waals surface area contributed by atoms with Crippen molar-refractivity contribution in [1.29, 1.82) is 0 Å². The van der Waals surface area contributed by atoms with Gasteiger partial charge in [-0.3, -0.25) is 4.79 Å². The lowest BCUT2D eigenvalue weighted by Gasteiger charge is -2.34. The normalized spacial score (nSPS) is 20.3. The van der Waals surface area contributed by atoms with Crippen molar-refractivity contribution in [3.8, 4) is 28.5 Å². The zero-order chi connectivity index (χ0) is 23.5. The van der Waals surface area contributed by atoms with Gasteiger partial charge in [0.2, 0.25) is 5.75 Å². The average molecular weight is 449 g/mol. The van der Waals surface area contributed by atoms with E-state index in [0.717, 1.165) is 29.3 Å². The number of benzene rings is 2. The van der Waals surface area contributed by atoms with Gasteiger partial charge < -0.3 is 19.5 Å². The molecule has 0 unspecified atom stereocenters. The smallest absolute Gasteiger partial charge is 0.252 e. The quantitative estimate of drug-likeness (QED) is 0.541. The number of ether oxygens (including phenoxy) is 3. The average Bonchev–Trinajstić information content (AvgIpc) is 2.85. The van der Waals surface area contributed by atoms with E-state index in [2.05, 4.69) is 19.2 Å². The minimum Gasteiger partial charge on any atom is -0.493 e. The second-order valence-electron chi connectivity index (χ2n) is 8.83. The molecule has 1 saturated carbocycles. The monoisotopic (exact) mass is 448 g/mol. The molecule has 1 heterocycles. The Kier molecular flexibility index (Phi) is 6.72. The maximum absolute atomic E-state index is 13.5. The van der Waals surface area contributed by atoms with Crippen LogP contribution in [0.25, 0.3) is 22.2 Å². The summed E-state index contributed by atoms with van der Waals surface area (Å²) in [6, 6.07) is 13.5. The molecular formula is C27H32N2O4. The van der Waals surface area contributed by atoms with E-state index in [9.17, 15) is 4.79 Å². The lowest BCUT2D eigenvalue weighted by Crippen LogP contribution is -2.43. The summed E-state index contributed by atoms with van der Waals surface area (Å²) in [5, 5.41) is 4.15. The molecule has 2 aromatic carbocycles. The predicted octanol–water partition coefficient (Wildman–Crippen LogP) is 5.48. The minimum atomic E-state index is -0.0618. The molecular weight excluding hydrogens is 416 g/mol. The van der Waals surface area contributed by atoms with Gasteiger partial charge in [0, 0.05) is 17.0 Å². The summed E-state index contributed by atoms with van der Waals surface area (Å²) in [4.78, 5) is 18.3. The van der Waals surface area contributed by atoms with Crippen LogP contribution in [-0.2, 0) is 0 Å². The van der Waals surface area contributed by atoms with Crippen LogP contribution in [0.2, 0.25) is 0 Å². The number of carbonyl (C=O) groups excluding carboxylic acids is 1. The lowest BCUT2D eigenvalue weighted by molar-refractivity contribution is 0.0892. The molecule has 1 aromatic heterocycles. The number of para-hydroxylation sites is 1. The summed E-state index contributed by atoms with van der Waals surface area (Å²) in [5.41, 5.74) is 2.83. The number of rotatable bonds is 6. The second kappa shape index (κ2) is 9.69. The van der Waals surface area contributed by atoms with Gasteiger partial charge in [-0.15, -0.1) is 0 Å². The predicted molar refractivity (Wildman–Crippen MR) is 130 cm³/mol. The summed E-state index contributed by atoms with van der Waals surface area (Å²) in [6.07, 6.45) is 3.38. The molecule has 0 bridgehead atoms. The molecule has 1 aliphatic carbocycles. The molecule has 174 valence electrons. The van der Waals surface area contributed by atoms with Crippen LogP contribution in [0.1, 0.15) is 43.5 Å². The molecule has 3 atom stereocenters. The number of carbonyl (C=O) groups is 1. The Morgan fingerprint density at radius 1 is 0.970 bits per heavy atom. The third-order valence-electron chi connectivity index (χ3n) is 6.94. The summed E-state index contributed by atoms with van der Waals surface area (Å²) >= 11 is 0. The molecule has 1 amide bonds. The van der Waals surface area contributed by atoms with Crippen LogP contribution < -0.4 is 19.5 Å². The number of aromatic nitrogens is 1. The summed E-state index contributed by atoms with van der Waals surface area (Å²) in [6.45, 7) is 4.51. The first-order chi connectivity index (χ1) is 16.0. The number of nitrogens with one attached hydrogen (secondary N) is 1. The van der Waals surface area contributed by atoms with Gasteiger partial charge in [0.25, 0.3) is 5.91 Å². The first-order valence-electron chi connectivity index (χ1n) is 11.5. The van der Waals surface area contributed by atoms with Crippen LogP contribution in [-0.4, -0.2) is 38.3 Å². The summed E-state index contributed by atoms with van der Waals surface area (Å²) in [7, 11) is 4.74. The van der Waals surface area contributed by atoms with Crippen LogP contribution in [0.15, 0.2) is 42.5 Å². The number of amides is 1. The van der Waals surface area contributed by atoms with Gasteiger partial charge in [-0.05, 0) is 42.5 Å². The van der Waals surface area contributed by atoms with Crippen molar-refractivity contribution in [2.45, 2.75) is 39.2 Å². The van der Waals surface area contributed by atoms with Crippen LogP contribution in [0.4, 0.5) is 0 Å². The van der Waals surface area contributed by atoms with E-state index in [4.69, 9.17) is 19.2 Å². The molecule has 33 heavy (non-hydrogen) atoms. The molecule has 1 fully saturated rings. The second-order valence-corrected chi connectivity index (χ2v) is 8.83. The third-order valence-corrected chi connectivity index (χ3v) is 6.94. The fraction of sp³-hybridized carbons (Fsp3) is 0.407. The zero-order valence-electron chi connectivity index (χ0n) is 20.0. The van der Waals surface area contributed by atoms with Gasteiger partial charge in [0.05, 0.1) is 38.1 Å². The number of hydrogen-bond donors (Lipinski definition) is 1. The van der Waals surface area contributed by atoms with Crippen molar-refractivity contribution in [2.75, 3.05) is 21.3 Å². The van der Waals surface area contributed by atoms with Gasteiger partial charge in [-0.25, -0.2) is 4.98 Å². The van der Waals surface area contributed by atoms with Crippen molar-refractivity contribution in [2.24, 2.45) is 11.8 Å².